The van der Waals surface area contributed by atoms with Crippen molar-refractivity contribution in [1.82, 2.24) is 0 Å². The fourth-order valence-corrected chi connectivity index (χ4v) is 3.65. The summed E-state index contributed by atoms with van der Waals surface area (Å²) in [6.45, 7) is 0. The van der Waals surface area contributed by atoms with Gasteiger partial charge in [0.2, 0.25) is 5.91 Å². The predicted molar refractivity (Wildman–Crippen MR) is 104 cm³/mol. The number of nitrogen functional groups attached to an aromatic ring is 1. The number of hydrogen-bond donors (Lipinski definition) is 2. The van der Waals surface area contributed by atoms with Crippen LogP contribution < -0.4 is 15.8 Å². The number of amides is 1. The number of nitrogens with two attached hydrogens (primary N) is 1. The first kappa shape index (κ1) is 20.0. The number of carbonyl (C=O) groups excluding carboxylic acids is 1. The van der Waals surface area contributed by atoms with Gasteiger partial charge in [-0.2, -0.15) is 0 Å². The van der Waals surface area contributed by atoms with E-state index in [2.05, 4.69) is 5.32 Å². The highest BCUT2D eigenvalue weighted by Crippen LogP contribution is 2.41. The standard InChI is InChI=1S/C20H23FN2O2.ClH/c1-25-18-9-8-16(13-17(18)22)23-19(24)20(10-3-2-4-11-20)14-6-5-7-15(21)12-14;/h5-9,12-13H,2-4,10-11,22H2,1H3,(H,23,24);1H. The molecule has 4 nitrogen and oxygen atoms in total. The molecule has 3 rings (SSSR count). The molecule has 0 radical (unpaired) electrons. The smallest absolute Gasteiger partial charge is 0.235 e. The first-order chi connectivity index (χ1) is 12.0. The first-order valence-corrected chi connectivity index (χ1v) is 8.56. The van der Waals surface area contributed by atoms with Gasteiger partial charge in [0.1, 0.15) is 11.6 Å². The van der Waals surface area contributed by atoms with Gasteiger partial charge in [0.05, 0.1) is 18.2 Å². The van der Waals surface area contributed by atoms with E-state index in [-0.39, 0.29) is 24.1 Å². The Labute approximate surface area is 159 Å². The van der Waals surface area contributed by atoms with Gasteiger partial charge in [-0.3, -0.25) is 4.79 Å². The Bertz CT molecular complexity index is 776. The Kier molecular flexibility index (Phi) is 6.48. The van der Waals surface area contributed by atoms with Crippen LogP contribution in [0.5, 0.6) is 5.75 Å². The third-order valence-electron chi connectivity index (χ3n) is 5.01. The molecule has 1 amide bonds. The minimum absolute atomic E-state index is 0. The number of methoxy groups -OCH3 is 1. The average molecular weight is 379 g/mol. The number of benzene rings is 2. The van der Waals surface area contributed by atoms with Crippen LogP contribution in [0.3, 0.4) is 0 Å². The zero-order valence-electron chi connectivity index (χ0n) is 14.8. The van der Waals surface area contributed by atoms with Crippen molar-refractivity contribution in [3.05, 3.63) is 53.8 Å². The number of hydrogen-bond acceptors (Lipinski definition) is 3. The minimum atomic E-state index is -0.699. The van der Waals surface area contributed by atoms with Gasteiger partial charge in [-0.1, -0.05) is 31.4 Å². The molecule has 140 valence electrons. The van der Waals surface area contributed by atoms with Crippen molar-refractivity contribution in [3.8, 4) is 5.75 Å². The molecule has 0 atom stereocenters. The number of nitrogens with one attached hydrogen (secondary N) is 1. The zero-order valence-corrected chi connectivity index (χ0v) is 15.6. The van der Waals surface area contributed by atoms with Crippen molar-refractivity contribution in [2.45, 2.75) is 37.5 Å². The van der Waals surface area contributed by atoms with E-state index < -0.39 is 5.41 Å². The fraction of sp³-hybridized carbons (Fsp3) is 0.350. The van der Waals surface area contributed by atoms with Gasteiger partial charge in [0.15, 0.2) is 0 Å². The lowest BCUT2D eigenvalue weighted by Crippen LogP contribution is -2.42. The largest absolute Gasteiger partial charge is 0.495 e. The van der Waals surface area contributed by atoms with E-state index in [1.54, 1.807) is 31.4 Å². The van der Waals surface area contributed by atoms with E-state index in [0.717, 1.165) is 24.8 Å². The molecule has 0 unspecified atom stereocenters. The molecule has 0 heterocycles. The molecule has 3 N–H and O–H groups in total. The van der Waals surface area contributed by atoms with Crippen LogP contribution in [0.1, 0.15) is 37.7 Å². The highest BCUT2D eigenvalue weighted by molar-refractivity contribution is 5.99. The summed E-state index contributed by atoms with van der Waals surface area (Å²) in [5, 5.41) is 2.97. The van der Waals surface area contributed by atoms with Crippen molar-refractivity contribution in [2.75, 3.05) is 18.2 Å². The third-order valence-corrected chi connectivity index (χ3v) is 5.01. The normalized spacial score (nSPS) is 15.6. The van der Waals surface area contributed by atoms with Gasteiger partial charge in [0, 0.05) is 5.69 Å². The molecule has 6 heteroatoms. The summed E-state index contributed by atoms with van der Waals surface area (Å²) < 4.78 is 18.9. The van der Waals surface area contributed by atoms with Crippen LogP contribution in [-0.2, 0) is 10.2 Å². The molecule has 0 bridgehead atoms. The van der Waals surface area contributed by atoms with Gasteiger partial charge in [-0.15, -0.1) is 12.4 Å². The molecular formula is C20H24ClFN2O2. The van der Waals surface area contributed by atoms with Crippen LogP contribution in [-0.4, -0.2) is 13.0 Å². The van der Waals surface area contributed by atoms with Crippen molar-refractivity contribution in [3.63, 3.8) is 0 Å². The molecule has 1 aliphatic rings. The third kappa shape index (κ3) is 3.93. The van der Waals surface area contributed by atoms with Crippen molar-refractivity contribution in [1.29, 1.82) is 0 Å². The van der Waals surface area contributed by atoms with Crippen LogP contribution in [0.25, 0.3) is 0 Å². The summed E-state index contributed by atoms with van der Waals surface area (Å²) in [7, 11) is 1.55. The summed E-state index contributed by atoms with van der Waals surface area (Å²) in [5.41, 5.74) is 7.04. The molecule has 0 saturated heterocycles. The molecule has 1 aliphatic carbocycles. The highest BCUT2D eigenvalue weighted by Gasteiger charge is 2.41. The van der Waals surface area contributed by atoms with Crippen LogP contribution in [0.4, 0.5) is 15.8 Å². The lowest BCUT2D eigenvalue weighted by Gasteiger charge is -2.36. The Morgan fingerprint density at radius 1 is 1.15 bits per heavy atom. The van der Waals surface area contributed by atoms with Gasteiger partial charge in [-0.05, 0) is 48.7 Å². The summed E-state index contributed by atoms with van der Waals surface area (Å²) in [4.78, 5) is 13.2. The van der Waals surface area contributed by atoms with E-state index in [1.165, 1.54) is 12.1 Å². The van der Waals surface area contributed by atoms with E-state index in [4.69, 9.17) is 10.5 Å². The highest BCUT2D eigenvalue weighted by atomic mass is 35.5. The van der Waals surface area contributed by atoms with Crippen LogP contribution in [0.15, 0.2) is 42.5 Å². The molecule has 0 aromatic heterocycles. The monoisotopic (exact) mass is 378 g/mol. The Hall–Kier alpha value is -2.27. The average Bonchev–Trinajstić information content (AvgIpc) is 2.62. The predicted octanol–water partition coefficient (Wildman–Crippen LogP) is 4.68. The Balaban J connectivity index is 0.00000243. The number of rotatable bonds is 4. The molecule has 2 aromatic rings. The summed E-state index contributed by atoms with van der Waals surface area (Å²) >= 11 is 0. The van der Waals surface area contributed by atoms with E-state index >= 15 is 0 Å². The molecule has 0 spiro atoms. The second-order valence-corrected chi connectivity index (χ2v) is 6.56. The van der Waals surface area contributed by atoms with Gasteiger partial charge < -0.3 is 15.8 Å². The van der Waals surface area contributed by atoms with Gasteiger partial charge >= 0.3 is 0 Å². The molecule has 0 aliphatic heterocycles. The van der Waals surface area contributed by atoms with Crippen LogP contribution >= 0.6 is 12.4 Å². The minimum Gasteiger partial charge on any atom is -0.495 e. The number of ether oxygens (including phenoxy) is 1. The summed E-state index contributed by atoms with van der Waals surface area (Å²) in [6, 6.07) is 11.6. The molecule has 1 fully saturated rings. The molecule has 2 aromatic carbocycles. The SMILES string of the molecule is COc1ccc(NC(=O)C2(c3cccc(F)c3)CCCCC2)cc1N.Cl. The number of halogens is 2. The molecule has 26 heavy (non-hydrogen) atoms. The number of carbonyl (C=O) groups is 1. The van der Waals surface area contributed by atoms with Crippen LogP contribution in [0, 0.1) is 5.82 Å². The Morgan fingerprint density at radius 2 is 1.88 bits per heavy atom. The van der Waals surface area contributed by atoms with E-state index in [1.807, 2.05) is 6.07 Å². The Morgan fingerprint density at radius 3 is 2.50 bits per heavy atom. The second kappa shape index (κ2) is 8.41. The molecular weight excluding hydrogens is 355 g/mol. The quantitative estimate of drug-likeness (QED) is 0.759. The second-order valence-electron chi connectivity index (χ2n) is 6.56. The lowest BCUT2D eigenvalue weighted by atomic mass is 9.68. The van der Waals surface area contributed by atoms with Crippen LogP contribution in [0.2, 0.25) is 0 Å². The topological polar surface area (TPSA) is 64.3 Å². The molecule has 1 saturated carbocycles. The maximum atomic E-state index is 13.8. The van der Waals surface area contributed by atoms with Gasteiger partial charge in [0.25, 0.3) is 0 Å². The van der Waals surface area contributed by atoms with E-state index in [0.29, 0.717) is 30.0 Å². The van der Waals surface area contributed by atoms with E-state index in [9.17, 15) is 9.18 Å². The van der Waals surface area contributed by atoms with Crippen molar-refractivity contribution in [2.24, 2.45) is 0 Å². The maximum Gasteiger partial charge on any atom is 0.235 e. The first-order valence-electron chi connectivity index (χ1n) is 8.56. The summed E-state index contributed by atoms with van der Waals surface area (Å²) in [5.74, 6) is 0.141. The lowest BCUT2D eigenvalue weighted by molar-refractivity contribution is -0.122. The van der Waals surface area contributed by atoms with Crippen molar-refractivity contribution >= 4 is 29.7 Å². The zero-order chi connectivity index (χ0) is 17.9. The van der Waals surface area contributed by atoms with Gasteiger partial charge in [-0.25, -0.2) is 4.39 Å². The number of anilines is 2. The maximum absolute atomic E-state index is 13.8. The fourth-order valence-electron chi connectivity index (χ4n) is 3.65. The van der Waals surface area contributed by atoms with Crippen molar-refractivity contribution < 1.29 is 13.9 Å². The summed E-state index contributed by atoms with van der Waals surface area (Å²) in [6.07, 6.45) is 4.44.